The van der Waals surface area contributed by atoms with Crippen molar-refractivity contribution >= 4 is 5.69 Å². The third-order valence-corrected chi connectivity index (χ3v) is 1.95. The van der Waals surface area contributed by atoms with Crippen molar-refractivity contribution in [1.29, 1.82) is 0 Å². The highest BCUT2D eigenvalue weighted by Crippen LogP contribution is 2.14. The summed E-state index contributed by atoms with van der Waals surface area (Å²) in [5, 5.41) is 0. The average Bonchev–Trinajstić information content (AvgIpc) is 2.01. The maximum absolute atomic E-state index is 5.94. The Bertz CT molecular complexity index is 300. The predicted molar refractivity (Wildman–Crippen MR) is 60.5 cm³/mol. The monoisotopic (exact) mass is 193 g/mol. The molecule has 0 radical (unpaired) electrons. The molecule has 0 bridgehead atoms. The molecule has 0 aromatic carbocycles. The van der Waals surface area contributed by atoms with Crippen LogP contribution in [-0.4, -0.2) is 24.6 Å². The molecule has 0 amide bonds. The molecule has 78 valence electrons. The maximum Gasteiger partial charge on any atom is 0.0442 e. The molecular weight excluding hydrogens is 174 g/mol. The van der Waals surface area contributed by atoms with Crippen LogP contribution < -0.4 is 10.6 Å². The van der Waals surface area contributed by atoms with E-state index in [4.69, 9.17) is 5.73 Å². The van der Waals surface area contributed by atoms with Crippen molar-refractivity contribution < 1.29 is 0 Å². The molecule has 2 N–H and O–H groups in total. The van der Waals surface area contributed by atoms with Gasteiger partial charge in [0.1, 0.15) is 0 Å². The summed E-state index contributed by atoms with van der Waals surface area (Å²) in [5.74, 6) is 0. The van der Waals surface area contributed by atoms with Crippen LogP contribution in [0.3, 0.4) is 0 Å². The largest absolute Gasteiger partial charge is 0.378 e. The Labute approximate surface area is 85.9 Å². The van der Waals surface area contributed by atoms with E-state index < -0.39 is 0 Å². The van der Waals surface area contributed by atoms with Gasteiger partial charge in [-0.15, -0.1) is 0 Å². The molecule has 0 spiro atoms. The van der Waals surface area contributed by atoms with Gasteiger partial charge in [-0.25, -0.2) is 0 Å². The van der Waals surface area contributed by atoms with Crippen LogP contribution in [0, 0.1) is 0 Å². The average molecular weight is 193 g/mol. The summed E-state index contributed by atoms with van der Waals surface area (Å²) in [6, 6.07) is 4.07. The van der Waals surface area contributed by atoms with Gasteiger partial charge in [0.15, 0.2) is 0 Å². The lowest BCUT2D eigenvalue weighted by atomic mass is 9.99. The number of hydrogen-bond donors (Lipinski definition) is 1. The molecule has 0 saturated carbocycles. The normalized spacial score (nSPS) is 11.5. The summed E-state index contributed by atoms with van der Waals surface area (Å²) < 4.78 is 0. The van der Waals surface area contributed by atoms with E-state index in [1.165, 1.54) is 5.69 Å². The lowest BCUT2D eigenvalue weighted by molar-refractivity contribution is 0.510. The van der Waals surface area contributed by atoms with Gasteiger partial charge in [-0.3, -0.25) is 4.98 Å². The van der Waals surface area contributed by atoms with Crippen LogP contribution in [0.1, 0.15) is 19.5 Å². The summed E-state index contributed by atoms with van der Waals surface area (Å²) in [7, 11) is 4.04. The van der Waals surface area contributed by atoms with Gasteiger partial charge in [0, 0.05) is 43.6 Å². The molecule has 0 atom stereocenters. The van der Waals surface area contributed by atoms with Crippen LogP contribution in [0.2, 0.25) is 0 Å². The number of pyridine rings is 1. The van der Waals surface area contributed by atoms with Crippen LogP contribution in [0.4, 0.5) is 5.69 Å². The fraction of sp³-hybridized carbons (Fsp3) is 0.545. The minimum Gasteiger partial charge on any atom is -0.378 e. The van der Waals surface area contributed by atoms with Gasteiger partial charge in [0.25, 0.3) is 0 Å². The number of nitrogens with zero attached hydrogens (tertiary/aromatic N) is 2. The number of anilines is 1. The second-order valence-corrected chi connectivity index (χ2v) is 4.57. The maximum atomic E-state index is 5.94. The highest BCUT2D eigenvalue weighted by atomic mass is 15.1. The van der Waals surface area contributed by atoms with E-state index in [9.17, 15) is 0 Å². The number of nitrogens with two attached hydrogens (primary N) is 1. The van der Waals surface area contributed by atoms with Crippen molar-refractivity contribution in [1.82, 2.24) is 4.98 Å². The zero-order chi connectivity index (χ0) is 10.8. The molecule has 1 heterocycles. The summed E-state index contributed by atoms with van der Waals surface area (Å²) in [6.07, 6.45) is 2.63. The topological polar surface area (TPSA) is 42.2 Å². The van der Waals surface area contributed by atoms with Gasteiger partial charge in [0.05, 0.1) is 0 Å². The Morgan fingerprint density at radius 3 is 2.57 bits per heavy atom. The second-order valence-electron chi connectivity index (χ2n) is 4.57. The van der Waals surface area contributed by atoms with Crippen LogP contribution in [0.5, 0.6) is 0 Å². The van der Waals surface area contributed by atoms with Crippen molar-refractivity contribution in [2.45, 2.75) is 25.8 Å². The van der Waals surface area contributed by atoms with E-state index in [1.807, 2.05) is 40.2 Å². The van der Waals surface area contributed by atoms with Crippen molar-refractivity contribution in [3.63, 3.8) is 0 Å². The Hall–Kier alpha value is -1.09. The van der Waals surface area contributed by atoms with Gasteiger partial charge in [-0.2, -0.15) is 0 Å². The first kappa shape index (κ1) is 11.0. The molecule has 0 fully saturated rings. The number of aromatic nitrogens is 1. The van der Waals surface area contributed by atoms with Crippen molar-refractivity contribution in [3.8, 4) is 0 Å². The fourth-order valence-corrected chi connectivity index (χ4v) is 1.31. The molecule has 14 heavy (non-hydrogen) atoms. The Balaban J connectivity index is 2.84. The van der Waals surface area contributed by atoms with E-state index in [1.54, 1.807) is 0 Å². The molecule has 0 aliphatic rings. The molecule has 1 aromatic rings. The molecule has 0 aliphatic heterocycles. The van der Waals surface area contributed by atoms with Gasteiger partial charge < -0.3 is 10.6 Å². The zero-order valence-electron chi connectivity index (χ0n) is 9.41. The third-order valence-electron chi connectivity index (χ3n) is 1.95. The predicted octanol–water partition coefficient (Wildman–Crippen LogP) is 1.43. The van der Waals surface area contributed by atoms with E-state index in [2.05, 4.69) is 16.0 Å². The van der Waals surface area contributed by atoms with E-state index in [0.717, 1.165) is 12.1 Å². The Morgan fingerprint density at radius 1 is 1.43 bits per heavy atom. The van der Waals surface area contributed by atoms with Crippen LogP contribution in [0.25, 0.3) is 0 Å². The minimum atomic E-state index is -0.196. The fourth-order valence-electron chi connectivity index (χ4n) is 1.31. The molecular formula is C11H19N3. The zero-order valence-corrected chi connectivity index (χ0v) is 9.41. The first-order valence-electron chi connectivity index (χ1n) is 4.79. The SMILES string of the molecule is CN(C)c1ccnc(CC(C)(C)N)c1. The Morgan fingerprint density at radius 2 is 2.07 bits per heavy atom. The first-order valence-corrected chi connectivity index (χ1v) is 4.79. The summed E-state index contributed by atoms with van der Waals surface area (Å²) in [5.41, 5.74) is 7.95. The van der Waals surface area contributed by atoms with Gasteiger partial charge in [-0.05, 0) is 26.0 Å². The lowest BCUT2D eigenvalue weighted by Gasteiger charge is -2.19. The molecule has 0 aliphatic carbocycles. The standard InChI is InChI=1S/C11H19N3/c1-11(2,12)8-9-7-10(14(3)4)5-6-13-9/h5-7H,8,12H2,1-4H3. The van der Waals surface area contributed by atoms with E-state index in [-0.39, 0.29) is 5.54 Å². The smallest absolute Gasteiger partial charge is 0.0442 e. The van der Waals surface area contributed by atoms with E-state index in [0.29, 0.717) is 0 Å². The molecule has 1 aromatic heterocycles. The van der Waals surface area contributed by atoms with Crippen molar-refractivity contribution in [2.75, 3.05) is 19.0 Å². The van der Waals surface area contributed by atoms with Gasteiger partial charge in [0.2, 0.25) is 0 Å². The quantitative estimate of drug-likeness (QED) is 0.789. The molecule has 3 nitrogen and oxygen atoms in total. The summed E-state index contributed by atoms with van der Waals surface area (Å²) in [4.78, 5) is 6.36. The van der Waals surface area contributed by atoms with Crippen molar-refractivity contribution in [2.24, 2.45) is 5.73 Å². The Kier molecular flexibility index (Phi) is 3.11. The lowest BCUT2D eigenvalue weighted by Crippen LogP contribution is -2.34. The van der Waals surface area contributed by atoms with Crippen LogP contribution >= 0.6 is 0 Å². The summed E-state index contributed by atoms with van der Waals surface area (Å²) >= 11 is 0. The summed E-state index contributed by atoms with van der Waals surface area (Å²) in [6.45, 7) is 4.02. The molecule has 1 rings (SSSR count). The van der Waals surface area contributed by atoms with Crippen molar-refractivity contribution in [3.05, 3.63) is 24.0 Å². The number of hydrogen-bond acceptors (Lipinski definition) is 3. The van der Waals surface area contributed by atoms with E-state index >= 15 is 0 Å². The molecule has 0 unspecified atom stereocenters. The van der Waals surface area contributed by atoms with Gasteiger partial charge in [-0.1, -0.05) is 0 Å². The molecule has 0 saturated heterocycles. The third kappa shape index (κ3) is 3.34. The van der Waals surface area contributed by atoms with Crippen LogP contribution in [0.15, 0.2) is 18.3 Å². The minimum absolute atomic E-state index is 0.196. The second kappa shape index (κ2) is 3.96. The van der Waals surface area contributed by atoms with Crippen LogP contribution in [-0.2, 0) is 6.42 Å². The molecule has 3 heteroatoms. The van der Waals surface area contributed by atoms with Gasteiger partial charge >= 0.3 is 0 Å². The number of rotatable bonds is 3. The first-order chi connectivity index (χ1) is 6.38. The highest BCUT2D eigenvalue weighted by Gasteiger charge is 2.12. The highest BCUT2D eigenvalue weighted by molar-refractivity contribution is 5.44.